The van der Waals surface area contributed by atoms with Crippen LogP contribution in [0.2, 0.25) is 0 Å². The highest BCUT2D eigenvalue weighted by atomic mass is 16.1. The first-order valence-electron chi connectivity index (χ1n) is 8.84. The summed E-state index contributed by atoms with van der Waals surface area (Å²) < 4.78 is 0. The lowest BCUT2D eigenvalue weighted by molar-refractivity contribution is 0.100. The van der Waals surface area contributed by atoms with Gasteiger partial charge in [-0.25, -0.2) is 0 Å². The van der Waals surface area contributed by atoms with E-state index in [1.165, 1.54) is 5.56 Å². The molecule has 0 unspecified atom stereocenters. The van der Waals surface area contributed by atoms with Crippen molar-refractivity contribution in [2.45, 2.75) is 6.54 Å². The maximum Gasteiger partial charge on any atom is 0.250 e. The number of hydrogen-bond acceptors (Lipinski definition) is 4. The number of nitrogens with one attached hydrogen (secondary N) is 1. The molecule has 0 bridgehead atoms. The van der Waals surface area contributed by atoms with Gasteiger partial charge in [-0.05, 0) is 17.7 Å². The maximum atomic E-state index is 11.4. The van der Waals surface area contributed by atoms with E-state index in [-0.39, 0.29) is 0 Å². The van der Waals surface area contributed by atoms with E-state index < -0.39 is 5.91 Å². The number of primary amides is 1. The standard InChI is InChI=1S/C20H26N4O/c21-20(25)18-8-4-5-9-19(18)22-10-11-23-12-14-24(15-13-23)16-17-6-2-1-3-7-17/h1-9,22H,10-16H2,(H2,21,25). The number of carbonyl (C=O) groups is 1. The molecule has 1 aliphatic rings. The molecule has 3 rings (SSSR count). The summed E-state index contributed by atoms with van der Waals surface area (Å²) in [5.74, 6) is -0.391. The Hall–Kier alpha value is -2.37. The van der Waals surface area contributed by atoms with Crippen LogP contribution in [0.4, 0.5) is 5.69 Å². The van der Waals surface area contributed by atoms with Crippen molar-refractivity contribution in [2.24, 2.45) is 5.73 Å². The van der Waals surface area contributed by atoms with E-state index >= 15 is 0 Å². The minimum Gasteiger partial charge on any atom is -0.383 e. The molecular formula is C20H26N4O. The van der Waals surface area contributed by atoms with Crippen molar-refractivity contribution in [3.05, 3.63) is 65.7 Å². The van der Waals surface area contributed by atoms with Gasteiger partial charge >= 0.3 is 0 Å². The van der Waals surface area contributed by atoms with Crippen LogP contribution < -0.4 is 11.1 Å². The predicted molar refractivity (Wildman–Crippen MR) is 102 cm³/mol. The van der Waals surface area contributed by atoms with Crippen LogP contribution in [0.5, 0.6) is 0 Å². The van der Waals surface area contributed by atoms with Gasteiger partial charge < -0.3 is 11.1 Å². The van der Waals surface area contributed by atoms with Crippen LogP contribution in [-0.2, 0) is 6.54 Å². The number of carbonyl (C=O) groups excluding carboxylic acids is 1. The third-order valence-electron chi connectivity index (χ3n) is 4.65. The number of para-hydroxylation sites is 1. The van der Waals surface area contributed by atoms with E-state index in [0.717, 1.165) is 51.5 Å². The van der Waals surface area contributed by atoms with E-state index in [1.807, 2.05) is 18.2 Å². The average molecular weight is 338 g/mol. The Kier molecular flexibility index (Phi) is 6.04. The highest BCUT2D eigenvalue weighted by molar-refractivity contribution is 5.98. The highest BCUT2D eigenvalue weighted by Crippen LogP contribution is 2.14. The zero-order valence-electron chi connectivity index (χ0n) is 14.5. The summed E-state index contributed by atoms with van der Waals surface area (Å²) in [7, 11) is 0. The second-order valence-corrected chi connectivity index (χ2v) is 6.44. The van der Waals surface area contributed by atoms with Gasteiger partial charge in [0.25, 0.3) is 5.91 Å². The third kappa shape index (κ3) is 5.05. The lowest BCUT2D eigenvalue weighted by Gasteiger charge is -2.34. The van der Waals surface area contributed by atoms with Gasteiger partial charge in [0.1, 0.15) is 0 Å². The van der Waals surface area contributed by atoms with Crippen molar-refractivity contribution in [3.63, 3.8) is 0 Å². The molecule has 0 saturated carbocycles. The molecule has 0 aliphatic carbocycles. The zero-order chi connectivity index (χ0) is 17.5. The van der Waals surface area contributed by atoms with Crippen LogP contribution in [0.3, 0.4) is 0 Å². The number of piperazine rings is 1. The van der Waals surface area contributed by atoms with E-state index in [2.05, 4.69) is 45.4 Å². The summed E-state index contributed by atoms with van der Waals surface area (Å²) in [4.78, 5) is 16.4. The Labute approximate surface area is 149 Å². The zero-order valence-corrected chi connectivity index (χ0v) is 14.5. The number of hydrogen-bond donors (Lipinski definition) is 2. The second kappa shape index (κ2) is 8.65. The highest BCUT2D eigenvalue weighted by Gasteiger charge is 2.16. The van der Waals surface area contributed by atoms with Crippen LogP contribution in [0, 0.1) is 0 Å². The molecule has 0 aromatic heterocycles. The average Bonchev–Trinajstić information content (AvgIpc) is 2.64. The minimum absolute atomic E-state index is 0.391. The Morgan fingerprint density at radius 3 is 2.28 bits per heavy atom. The summed E-state index contributed by atoms with van der Waals surface area (Å²) in [6, 6.07) is 18.0. The number of nitrogens with two attached hydrogens (primary N) is 1. The predicted octanol–water partition coefficient (Wildman–Crippen LogP) is 2.02. The van der Waals surface area contributed by atoms with Gasteiger partial charge in [0.2, 0.25) is 0 Å². The van der Waals surface area contributed by atoms with Gasteiger partial charge in [0.05, 0.1) is 5.56 Å². The van der Waals surface area contributed by atoms with E-state index in [0.29, 0.717) is 5.56 Å². The van der Waals surface area contributed by atoms with Crippen molar-refractivity contribution in [2.75, 3.05) is 44.6 Å². The fraction of sp³-hybridized carbons (Fsp3) is 0.350. The number of amides is 1. The molecule has 0 spiro atoms. The first-order valence-corrected chi connectivity index (χ1v) is 8.84. The normalized spacial score (nSPS) is 15.8. The Morgan fingerprint density at radius 2 is 1.56 bits per heavy atom. The van der Waals surface area contributed by atoms with E-state index in [9.17, 15) is 4.79 Å². The molecule has 1 fully saturated rings. The van der Waals surface area contributed by atoms with Gasteiger partial charge in [0.15, 0.2) is 0 Å². The fourth-order valence-corrected chi connectivity index (χ4v) is 3.21. The molecule has 3 N–H and O–H groups in total. The first kappa shape index (κ1) is 17.5. The van der Waals surface area contributed by atoms with Crippen molar-refractivity contribution in [3.8, 4) is 0 Å². The summed E-state index contributed by atoms with van der Waals surface area (Å²) >= 11 is 0. The van der Waals surface area contributed by atoms with Gasteiger partial charge in [-0.1, -0.05) is 42.5 Å². The van der Waals surface area contributed by atoms with Gasteiger partial charge in [-0.2, -0.15) is 0 Å². The van der Waals surface area contributed by atoms with Gasteiger partial charge in [-0.15, -0.1) is 0 Å². The Bertz CT molecular complexity index is 681. The van der Waals surface area contributed by atoms with Crippen molar-refractivity contribution >= 4 is 11.6 Å². The maximum absolute atomic E-state index is 11.4. The van der Waals surface area contributed by atoms with Crippen molar-refractivity contribution in [1.82, 2.24) is 9.80 Å². The van der Waals surface area contributed by atoms with Crippen molar-refractivity contribution < 1.29 is 4.79 Å². The molecule has 0 radical (unpaired) electrons. The van der Waals surface area contributed by atoms with Gasteiger partial charge in [-0.3, -0.25) is 14.6 Å². The summed E-state index contributed by atoms with van der Waals surface area (Å²) in [5.41, 5.74) is 8.16. The van der Waals surface area contributed by atoms with Crippen LogP contribution in [0.1, 0.15) is 15.9 Å². The SMILES string of the molecule is NC(=O)c1ccccc1NCCN1CCN(Cc2ccccc2)CC1. The van der Waals surface area contributed by atoms with E-state index in [4.69, 9.17) is 5.73 Å². The topological polar surface area (TPSA) is 61.6 Å². The molecule has 25 heavy (non-hydrogen) atoms. The summed E-state index contributed by atoms with van der Waals surface area (Å²) in [6.45, 7) is 7.13. The molecular weight excluding hydrogens is 312 g/mol. The van der Waals surface area contributed by atoms with Crippen LogP contribution in [-0.4, -0.2) is 55.0 Å². The third-order valence-corrected chi connectivity index (χ3v) is 4.65. The Morgan fingerprint density at radius 1 is 0.920 bits per heavy atom. The molecule has 132 valence electrons. The summed E-state index contributed by atoms with van der Waals surface area (Å²) in [6.07, 6.45) is 0. The lowest BCUT2D eigenvalue weighted by atomic mass is 10.1. The molecule has 1 saturated heterocycles. The van der Waals surface area contributed by atoms with E-state index in [1.54, 1.807) is 6.07 Å². The number of benzene rings is 2. The lowest BCUT2D eigenvalue weighted by Crippen LogP contribution is -2.47. The fourth-order valence-electron chi connectivity index (χ4n) is 3.21. The smallest absolute Gasteiger partial charge is 0.250 e. The molecule has 2 aromatic rings. The largest absolute Gasteiger partial charge is 0.383 e. The first-order chi connectivity index (χ1) is 12.2. The molecule has 1 amide bonds. The summed E-state index contributed by atoms with van der Waals surface area (Å²) in [5, 5.41) is 3.34. The molecule has 1 heterocycles. The van der Waals surface area contributed by atoms with Crippen LogP contribution in [0.25, 0.3) is 0 Å². The molecule has 1 aliphatic heterocycles. The number of nitrogens with zero attached hydrogens (tertiary/aromatic N) is 2. The van der Waals surface area contributed by atoms with Gasteiger partial charge in [0, 0.05) is 51.5 Å². The molecule has 5 heteroatoms. The molecule has 2 aromatic carbocycles. The number of anilines is 1. The number of rotatable bonds is 7. The minimum atomic E-state index is -0.391. The second-order valence-electron chi connectivity index (χ2n) is 6.44. The van der Waals surface area contributed by atoms with Crippen molar-refractivity contribution in [1.29, 1.82) is 0 Å². The monoisotopic (exact) mass is 338 g/mol. The molecule has 0 atom stereocenters. The quantitative estimate of drug-likeness (QED) is 0.811. The van der Waals surface area contributed by atoms with Crippen LogP contribution in [0.15, 0.2) is 54.6 Å². The van der Waals surface area contributed by atoms with Crippen LogP contribution >= 0.6 is 0 Å². The molecule has 5 nitrogen and oxygen atoms in total. The Balaban J connectivity index is 1.40.